The number of carbonyl (C=O) groups is 1. The Hall–Kier alpha value is -2.77. The van der Waals surface area contributed by atoms with E-state index >= 15 is 0 Å². The van der Waals surface area contributed by atoms with E-state index in [4.69, 9.17) is 0 Å². The number of nitrogens with zero attached hydrogens (tertiary/aromatic N) is 5. The van der Waals surface area contributed by atoms with Gasteiger partial charge in [0, 0.05) is 25.2 Å². The number of fused-ring (bicyclic) bond motifs is 2. The molecule has 1 N–H and O–H groups in total. The van der Waals surface area contributed by atoms with Crippen molar-refractivity contribution >= 4 is 15.9 Å². The lowest BCUT2D eigenvalue weighted by molar-refractivity contribution is 0.0609. The lowest BCUT2D eigenvalue weighted by atomic mass is 10.2. The highest BCUT2D eigenvalue weighted by Crippen LogP contribution is 2.36. The number of amides is 1. The summed E-state index contributed by atoms with van der Waals surface area (Å²) >= 11 is 0. The van der Waals surface area contributed by atoms with Gasteiger partial charge in [0.1, 0.15) is 6.07 Å². The van der Waals surface area contributed by atoms with Gasteiger partial charge in [-0.2, -0.15) is 25.0 Å². The van der Waals surface area contributed by atoms with Crippen LogP contribution in [0, 0.1) is 11.3 Å². The minimum atomic E-state index is -3.80. The normalized spacial score (nSPS) is 23.0. The first kappa shape index (κ1) is 16.7. The van der Waals surface area contributed by atoms with E-state index in [1.165, 1.54) is 22.6 Å². The number of H-pyrrole nitrogens is 1. The molecule has 0 radical (unpaired) electrons. The molecule has 2 unspecified atom stereocenters. The van der Waals surface area contributed by atoms with Gasteiger partial charge in [0.25, 0.3) is 5.91 Å². The Labute approximate surface area is 150 Å². The SMILES string of the molecule is N#Cc1ccccc1S(=O)(=O)N1C2CCC1CN(C(=O)c1cn[nH]n1)C2. The molecule has 2 aromatic rings. The molecule has 2 bridgehead atoms. The molecule has 134 valence electrons. The standard InChI is InChI=1S/C16H16N6O3S/c17-7-11-3-1-2-4-15(11)26(24,25)22-12-5-6-13(22)10-21(9-12)16(23)14-8-18-20-19-14/h1-4,8,12-13H,5-6,9-10H2,(H,18,19,20). The number of benzene rings is 1. The molecule has 2 fully saturated rings. The first-order valence-electron chi connectivity index (χ1n) is 8.20. The summed E-state index contributed by atoms with van der Waals surface area (Å²) in [6, 6.07) is 7.55. The van der Waals surface area contributed by atoms with Crippen LogP contribution in [0.15, 0.2) is 35.4 Å². The number of sulfonamides is 1. The smallest absolute Gasteiger partial charge is 0.276 e. The van der Waals surface area contributed by atoms with Crippen LogP contribution < -0.4 is 0 Å². The minimum Gasteiger partial charge on any atom is -0.334 e. The van der Waals surface area contributed by atoms with Gasteiger partial charge in [0.2, 0.25) is 10.0 Å². The minimum absolute atomic E-state index is 0.0238. The predicted molar refractivity (Wildman–Crippen MR) is 89.3 cm³/mol. The van der Waals surface area contributed by atoms with E-state index in [1.807, 2.05) is 6.07 Å². The van der Waals surface area contributed by atoms with Crippen LogP contribution in [0.2, 0.25) is 0 Å². The molecule has 1 amide bonds. The summed E-state index contributed by atoms with van der Waals surface area (Å²) in [5.74, 6) is -0.259. The lowest BCUT2D eigenvalue weighted by Gasteiger charge is -2.39. The number of rotatable bonds is 3. The van der Waals surface area contributed by atoms with Crippen LogP contribution in [0.25, 0.3) is 0 Å². The van der Waals surface area contributed by atoms with Crippen LogP contribution in [0.4, 0.5) is 0 Å². The van der Waals surface area contributed by atoms with Gasteiger partial charge in [-0.15, -0.1) is 0 Å². The number of likely N-dealkylation sites (tertiary alicyclic amines) is 1. The van der Waals surface area contributed by atoms with Gasteiger partial charge in [-0.1, -0.05) is 12.1 Å². The molecule has 1 aromatic carbocycles. The summed E-state index contributed by atoms with van der Waals surface area (Å²) < 4.78 is 27.8. The third-order valence-electron chi connectivity index (χ3n) is 4.90. The molecule has 4 rings (SSSR count). The van der Waals surface area contributed by atoms with Gasteiger partial charge in [0.05, 0.1) is 16.7 Å². The third-order valence-corrected chi connectivity index (χ3v) is 6.96. The van der Waals surface area contributed by atoms with E-state index in [-0.39, 0.29) is 34.1 Å². The molecule has 2 aliphatic heterocycles. The highest BCUT2D eigenvalue weighted by atomic mass is 32.2. The molecule has 10 heteroatoms. The van der Waals surface area contributed by atoms with E-state index in [1.54, 1.807) is 17.0 Å². The molecule has 3 heterocycles. The Kier molecular flexibility index (Phi) is 3.97. The average molecular weight is 372 g/mol. The second-order valence-corrected chi connectivity index (χ2v) is 8.20. The second-order valence-electron chi connectivity index (χ2n) is 6.39. The number of hydrogen-bond donors (Lipinski definition) is 1. The van der Waals surface area contributed by atoms with Crippen molar-refractivity contribution in [1.29, 1.82) is 5.26 Å². The van der Waals surface area contributed by atoms with Crippen molar-refractivity contribution in [1.82, 2.24) is 24.6 Å². The van der Waals surface area contributed by atoms with Crippen LogP contribution in [-0.2, 0) is 10.0 Å². The summed E-state index contributed by atoms with van der Waals surface area (Å²) in [6.07, 6.45) is 2.72. The molecule has 9 nitrogen and oxygen atoms in total. The zero-order valence-corrected chi connectivity index (χ0v) is 14.6. The quantitative estimate of drug-likeness (QED) is 0.829. The summed E-state index contributed by atoms with van der Waals surface area (Å²) in [7, 11) is -3.80. The molecule has 0 saturated carbocycles. The predicted octanol–water partition coefficient (Wildman–Crippen LogP) is 0.354. The molecule has 0 spiro atoms. The Balaban J connectivity index is 1.63. The van der Waals surface area contributed by atoms with Crippen molar-refractivity contribution in [2.75, 3.05) is 13.1 Å². The van der Waals surface area contributed by atoms with Gasteiger partial charge in [-0.05, 0) is 25.0 Å². The Morgan fingerprint density at radius 2 is 1.92 bits per heavy atom. The van der Waals surface area contributed by atoms with E-state index in [0.29, 0.717) is 25.9 Å². The maximum atomic E-state index is 13.2. The Bertz CT molecular complexity index is 968. The Morgan fingerprint density at radius 1 is 1.23 bits per heavy atom. The van der Waals surface area contributed by atoms with Gasteiger partial charge >= 0.3 is 0 Å². The molecule has 26 heavy (non-hydrogen) atoms. The van der Waals surface area contributed by atoms with Gasteiger partial charge in [-0.3, -0.25) is 4.79 Å². The van der Waals surface area contributed by atoms with Crippen molar-refractivity contribution in [3.63, 3.8) is 0 Å². The van der Waals surface area contributed by atoms with E-state index in [0.717, 1.165) is 0 Å². The highest BCUT2D eigenvalue weighted by molar-refractivity contribution is 7.89. The van der Waals surface area contributed by atoms with Crippen molar-refractivity contribution in [2.24, 2.45) is 0 Å². The number of hydrogen-bond acceptors (Lipinski definition) is 6. The third kappa shape index (κ3) is 2.56. The van der Waals surface area contributed by atoms with Crippen molar-refractivity contribution in [3.05, 3.63) is 41.7 Å². The number of aromatic nitrogens is 3. The topological polar surface area (TPSA) is 123 Å². The fourth-order valence-corrected chi connectivity index (χ4v) is 5.79. The van der Waals surface area contributed by atoms with Crippen LogP contribution >= 0.6 is 0 Å². The van der Waals surface area contributed by atoms with E-state index in [9.17, 15) is 18.5 Å². The van der Waals surface area contributed by atoms with E-state index < -0.39 is 10.0 Å². The number of nitrogens with one attached hydrogen (secondary N) is 1. The summed E-state index contributed by atoms with van der Waals surface area (Å²) in [4.78, 5) is 14.2. The van der Waals surface area contributed by atoms with Gasteiger partial charge < -0.3 is 4.90 Å². The Morgan fingerprint density at radius 3 is 2.54 bits per heavy atom. The second kappa shape index (κ2) is 6.19. The lowest BCUT2D eigenvalue weighted by Crippen LogP contribution is -2.57. The van der Waals surface area contributed by atoms with Crippen molar-refractivity contribution in [2.45, 2.75) is 29.8 Å². The maximum Gasteiger partial charge on any atom is 0.276 e. The first-order valence-corrected chi connectivity index (χ1v) is 9.64. The van der Waals surface area contributed by atoms with Crippen LogP contribution in [0.5, 0.6) is 0 Å². The summed E-state index contributed by atoms with van der Waals surface area (Å²) in [5.41, 5.74) is 0.350. The number of carbonyl (C=O) groups excluding carboxylic acids is 1. The fourth-order valence-electron chi connectivity index (χ4n) is 3.79. The van der Waals surface area contributed by atoms with Crippen molar-refractivity contribution in [3.8, 4) is 6.07 Å². The van der Waals surface area contributed by atoms with E-state index in [2.05, 4.69) is 15.4 Å². The molecule has 2 atom stereocenters. The molecular weight excluding hydrogens is 356 g/mol. The molecule has 2 aliphatic rings. The van der Waals surface area contributed by atoms with Crippen molar-refractivity contribution < 1.29 is 13.2 Å². The van der Waals surface area contributed by atoms with Crippen LogP contribution in [-0.4, -0.2) is 64.1 Å². The molecule has 2 saturated heterocycles. The largest absolute Gasteiger partial charge is 0.334 e. The number of piperazine rings is 1. The summed E-state index contributed by atoms with van der Waals surface area (Å²) in [6.45, 7) is 0.603. The fraction of sp³-hybridized carbons (Fsp3) is 0.375. The van der Waals surface area contributed by atoms with Crippen LogP contribution in [0.3, 0.4) is 0 Å². The maximum absolute atomic E-state index is 13.2. The zero-order chi connectivity index (χ0) is 18.3. The molecule has 0 aliphatic carbocycles. The highest BCUT2D eigenvalue weighted by Gasteiger charge is 2.48. The average Bonchev–Trinajstić information content (AvgIpc) is 3.28. The molecule has 1 aromatic heterocycles. The van der Waals surface area contributed by atoms with Gasteiger partial charge in [0.15, 0.2) is 5.69 Å². The monoisotopic (exact) mass is 372 g/mol. The first-order chi connectivity index (χ1) is 12.5. The molecular formula is C16H16N6O3S. The zero-order valence-electron chi connectivity index (χ0n) is 13.7. The number of nitriles is 1. The number of aromatic amines is 1. The summed E-state index contributed by atoms with van der Waals surface area (Å²) in [5, 5.41) is 19.1. The van der Waals surface area contributed by atoms with Crippen LogP contribution in [0.1, 0.15) is 28.9 Å². The van der Waals surface area contributed by atoms with Gasteiger partial charge in [-0.25, -0.2) is 8.42 Å².